The Kier molecular flexibility index (Phi) is 5.82. The summed E-state index contributed by atoms with van der Waals surface area (Å²) in [5, 5.41) is 14.4. The highest BCUT2D eigenvalue weighted by molar-refractivity contribution is 5.64. The maximum absolute atomic E-state index is 5.61. The molecule has 1 heterocycles. The molecule has 2 N–H and O–H groups in total. The third-order valence-electron chi connectivity index (χ3n) is 3.64. The lowest BCUT2D eigenvalue weighted by Crippen LogP contribution is -2.07. The van der Waals surface area contributed by atoms with Crippen LogP contribution in [0.5, 0.6) is 11.5 Å². The maximum atomic E-state index is 5.61. The average Bonchev–Trinajstić information content (AvgIpc) is 2.68. The molecule has 26 heavy (non-hydrogen) atoms. The van der Waals surface area contributed by atoms with Crippen molar-refractivity contribution in [1.82, 2.24) is 15.2 Å². The summed E-state index contributed by atoms with van der Waals surface area (Å²) in [6.45, 7) is 3.07. The molecule has 134 valence electrons. The highest BCUT2D eigenvalue weighted by Crippen LogP contribution is 2.26. The van der Waals surface area contributed by atoms with Gasteiger partial charge < -0.3 is 20.1 Å². The molecule has 0 aliphatic rings. The summed E-state index contributed by atoms with van der Waals surface area (Å²) in [4.78, 5) is 4.45. The molecule has 2 aromatic carbocycles. The van der Waals surface area contributed by atoms with Gasteiger partial charge in [-0.1, -0.05) is 30.3 Å². The molecule has 3 rings (SSSR count). The Morgan fingerprint density at radius 3 is 2.58 bits per heavy atom. The summed E-state index contributed by atoms with van der Waals surface area (Å²) in [6.07, 6.45) is 1.57. The van der Waals surface area contributed by atoms with Crippen molar-refractivity contribution in [3.63, 3.8) is 0 Å². The van der Waals surface area contributed by atoms with Gasteiger partial charge in [-0.2, -0.15) is 10.1 Å². The van der Waals surface area contributed by atoms with Crippen molar-refractivity contribution >= 4 is 17.5 Å². The zero-order chi connectivity index (χ0) is 18.2. The van der Waals surface area contributed by atoms with E-state index < -0.39 is 0 Å². The molecule has 0 saturated carbocycles. The fourth-order valence-corrected chi connectivity index (χ4v) is 2.45. The number of rotatable bonds is 8. The van der Waals surface area contributed by atoms with Gasteiger partial charge in [0.15, 0.2) is 5.82 Å². The quantitative estimate of drug-likeness (QED) is 0.641. The Balaban J connectivity index is 1.71. The number of nitrogens with zero attached hydrogens (tertiary/aromatic N) is 3. The smallest absolute Gasteiger partial charge is 0.244 e. The second kappa shape index (κ2) is 8.66. The lowest BCUT2D eigenvalue weighted by atomic mass is 10.2. The summed E-state index contributed by atoms with van der Waals surface area (Å²) in [5.74, 6) is 2.58. The monoisotopic (exact) mass is 351 g/mol. The first-order valence-corrected chi connectivity index (χ1v) is 8.34. The van der Waals surface area contributed by atoms with E-state index in [1.165, 1.54) is 0 Å². The lowest BCUT2D eigenvalue weighted by Gasteiger charge is -2.12. The van der Waals surface area contributed by atoms with E-state index in [4.69, 9.17) is 9.47 Å². The van der Waals surface area contributed by atoms with Crippen molar-refractivity contribution in [2.45, 2.75) is 13.5 Å². The van der Waals surface area contributed by atoms with Crippen molar-refractivity contribution in [1.29, 1.82) is 0 Å². The van der Waals surface area contributed by atoms with Gasteiger partial charge in [-0.15, -0.1) is 5.10 Å². The van der Waals surface area contributed by atoms with E-state index in [2.05, 4.69) is 25.8 Å². The van der Waals surface area contributed by atoms with E-state index in [1.54, 1.807) is 13.3 Å². The second-order valence-corrected chi connectivity index (χ2v) is 5.38. The van der Waals surface area contributed by atoms with Gasteiger partial charge in [0.1, 0.15) is 11.5 Å². The number of anilines is 3. The second-order valence-electron chi connectivity index (χ2n) is 5.38. The lowest BCUT2D eigenvalue weighted by molar-refractivity contribution is 0.342. The van der Waals surface area contributed by atoms with Crippen LogP contribution < -0.4 is 20.1 Å². The zero-order valence-corrected chi connectivity index (χ0v) is 14.8. The summed E-state index contributed by atoms with van der Waals surface area (Å²) in [7, 11) is 1.65. The fourth-order valence-electron chi connectivity index (χ4n) is 2.45. The molecule has 1 aromatic heterocycles. The first-order chi connectivity index (χ1) is 12.8. The number of para-hydroxylation sites is 3. The molecule has 0 bridgehead atoms. The highest BCUT2D eigenvalue weighted by Gasteiger charge is 2.07. The third-order valence-corrected chi connectivity index (χ3v) is 3.64. The molecule has 0 fully saturated rings. The van der Waals surface area contributed by atoms with Crippen molar-refractivity contribution in [3.05, 3.63) is 60.3 Å². The van der Waals surface area contributed by atoms with Crippen molar-refractivity contribution in [2.75, 3.05) is 24.4 Å². The van der Waals surface area contributed by atoms with E-state index in [0.29, 0.717) is 24.9 Å². The normalized spacial score (nSPS) is 10.2. The topological polar surface area (TPSA) is 81.2 Å². The van der Waals surface area contributed by atoms with Crippen LogP contribution in [0.1, 0.15) is 12.5 Å². The molecule has 0 unspecified atom stereocenters. The third kappa shape index (κ3) is 4.38. The number of aromatic nitrogens is 3. The molecule has 0 atom stereocenters. The number of ether oxygens (including phenoxy) is 2. The minimum absolute atomic E-state index is 0.426. The number of methoxy groups -OCH3 is 1. The molecule has 7 nitrogen and oxygen atoms in total. The van der Waals surface area contributed by atoms with E-state index >= 15 is 0 Å². The standard InChI is InChI=1S/C19H21N5O2/c1-3-26-17-11-7-5-9-15(17)22-18-13-21-24-19(23-18)20-12-14-8-4-6-10-16(14)25-2/h4-11,13H,3,12H2,1-2H3,(H2,20,22,23,24). The first kappa shape index (κ1) is 17.5. The molecule has 0 spiro atoms. The van der Waals surface area contributed by atoms with Crippen LogP contribution in [-0.2, 0) is 6.54 Å². The molecular formula is C19H21N5O2. The van der Waals surface area contributed by atoms with Crippen LogP contribution in [0.2, 0.25) is 0 Å². The average molecular weight is 351 g/mol. The van der Waals surface area contributed by atoms with Gasteiger partial charge in [0.05, 0.1) is 25.6 Å². The van der Waals surface area contributed by atoms with Crippen LogP contribution in [-0.4, -0.2) is 28.9 Å². The molecule has 0 amide bonds. The van der Waals surface area contributed by atoms with Crippen LogP contribution in [0.4, 0.5) is 17.5 Å². The minimum Gasteiger partial charge on any atom is -0.496 e. The largest absolute Gasteiger partial charge is 0.496 e. The van der Waals surface area contributed by atoms with E-state index in [9.17, 15) is 0 Å². The van der Waals surface area contributed by atoms with Crippen LogP contribution in [0.15, 0.2) is 54.7 Å². The minimum atomic E-state index is 0.426. The van der Waals surface area contributed by atoms with Gasteiger partial charge in [-0.25, -0.2) is 0 Å². The van der Waals surface area contributed by atoms with E-state index in [1.807, 2.05) is 55.5 Å². The zero-order valence-electron chi connectivity index (χ0n) is 14.8. The number of hydrogen-bond acceptors (Lipinski definition) is 7. The van der Waals surface area contributed by atoms with Crippen molar-refractivity contribution < 1.29 is 9.47 Å². The summed E-state index contributed by atoms with van der Waals surface area (Å²) >= 11 is 0. The van der Waals surface area contributed by atoms with E-state index in [-0.39, 0.29) is 0 Å². The molecule has 0 saturated heterocycles. The molecule has 0 aliphatic heterocycles. The van der Waals surface area contributed by atoms with Crippen molar-refractivity contribution in [3.8, 4) is 11.5 Å². The number of nitrogens with one attached hydrogen (secondary N) is 2. The van der Waals surface area contributed by atoms with Gasteiger partial charge >= 0.3 is 0 Å². The Labute approximate surface area is 152 Å². The summed E-state index contributed by atoms with van der Waals surface area (Å²) in [5.41, 5.74) is 1.84. The number of benzene rings is 2. The summed E-state index contributed by atoms with van der Waals surface area (Å²) in [6, 6.07) is 15.5. The summed E-state index contributed by atoms with van der Waals surface area (Å²) < 4.78 is 11.0. The Bertz CT molecular complexity index is 857. The van der Waals surface area contributed by atoms with Gasteiger partial charge in [0, 0.05) is 12.1 Å². The first-order valence-electron chi connectivity index (χ1n) is 8.34. The Morgan fingerprint density at radius 2 is 1.77 bits per heavy atom. The predicted molar refractivity (Wildman–Crippen MR) is 101 cm³/mol. The molecule has 7 heteroatoms. The Morgan fingerprint density at radius 1 is 1.00 bits per heavy atom. The Hall–Kier alpha value is -3.35. The molecular weight excluding hydrogens is 330 g/mol. The molecule has 0 radical (unpaired) electrons. The van der Waals surface area contributed by atoms with Crippen LogP contribution in [0.25, 0.3) is 0 Å². The predicted octanol–water partition coefficient (Wildman–Crippen LogP) is 3.63. The highest BCUT2D eigenvalue weighted by atomic mass is 16.5. The van der Waals surface area contributed by atoms with E-state index in [0.717, 1.165) is 22.7 Å². The van der Waals surface area contributed by atoms with Gasteiger partial charge in [-0.3, -0.25) is 0 Å². The van der Waals surface area contributed by atoms with Crippen molar-refractivity contribution in [2.24, 2.45) is 0 Å². The van der Waals surface area contributed by atoms with Gasteiger partial charge in [0.25, 0.3) is 0 Å². The van der Waals surface area contributed by atoms with Crippen LogP contribution in [0.3, 0.4) is 0 Å². The van der Waals surface area contributed by atoms with Crippen LogP contribution in [0, 0.1) is 0 Å². The molecule has 3 aromatic rings. The van der Waals surface area contributed by atoms with Gasteiger partial charge in [0.2, 0.25) is 5.95 Å². The molecule has 0 aliphatic carbocycles. The SMILES string of the molecule is CCOc1ccccc1Nc1cnnc(NCc2ccccc2OC)n1. The van der Waals surface area contributed by atoms with Gasteiger partial charge in [-0.05, 0) is 25.1 Å². The van der Waals surface area contributed by atoms with Crippen LogP contribution >= 0.6 is 0 Å². The maximum Gasteiger partial charge on any atom is 0.244 e. The number of hydrogen-bond donors (Lipinski definition) is 2. The fraction of sp³-hybridized carbons (Fsp3) is 0.211.